The molecule has 0 saturated carbocycles. The summed E-state index contributed by atoms with van der Waals surface area (Å²) in [6.45, 7) is 1.30. The first-order chi connectivity index (χ1) is 7.48. The zero-order valence-electron chi connectivity index (χ0n) is 9.16. The molecule has 6 nitrogen and oxygen atoms in total. The molecule has 1 aromatic heterocycles. The second-order valence-corrected chi connectivity index (χ2v) is 4.06. The Morgan fingerprint density at radius 3 is 2.81 bits per heavy atom. The molecule has 1 heterocycles. The predicted molar refractivity (Wildman–Crippen MR) is 62.8 cm³/mol. The number of aliphatic hydroxyl groups excluding tert-OH is 1. The zero-order chi connectivity index (χ0) is 12.2. The summed E-state index contributed by atoms with van der Waals surface area (Å²) in [4.78, 5) is 7.99. The summed E-state index contributed by atoms with van der Waals surface area (Å²) in [5.41, 5.74) is -1.21. The molecule has 4 N–H and O–H groups in total. The van der Waals surface area contributed by atoms with Crippen molar-refractivity contribution in [3.8, 4) is 0 Å². The van der Waals surface area contributed by atoms with Gasteiger partial charge >= 0.3 is 0 Å². The van der Waals surface area contributed by atoms with E-state index < -0.39 is 5.60 Å². The number of aliphatic hydroxyl groups is 2. The lowest BCUT2D eigenvalue weighted by Gasteiger charge is -2.21. The van der Waals surface area contributed by atoms with Crippen LogP contribution in [0.1, 0.15) is 6.92 Å². The lowest BCUT2D eigenvalue weighted by atomic mass is 10.1. The molecule has 1 rings (SSSR count). The molecule has 0 aromatic carbocycles. The third-order valence-corrected chi connectivity index (χ3v) is 2.22. The summed E-state index contributed by atoms with van der Waals surface area (Å²) < 4.78 is 0. The molecule has 0 radical (unpaired) electrons. The zero-order valence-corrected chi connectivity index (χ0v) is 9.91. The van der Waals surface area contributed by atoms with E-state index in [4.69, 9.17) is 16.7 Å². The van der Waals surface area contributed by atoms with Crippen molar-refractivity contribution in [1.82, 2.24) is 9.97 Å². The Morgan fingerprint density at radius 1 is 1.56 bits per heavy atom. The summed E-state index contributed by atoms with van der Waals surface area (Å²) in [5.74, 6) is 0.838. The Bertz CT molecular complexity index is 359. The van der Waals surface area contributed by atoms with Gasteiger partial charge in [0.05, 0.1) is 12.8 Å². The van der Waals surface area contributed by atoms with Gasteiger partial charge in [-0.2, -0.15) is 4.98 Å². The van der Waals surface area contributed by atoms with Gasteiger partial charge in [-0.1, -0.05) is 11.6 Å². The average Bonchev–Trinajstić information content (AvgIpc) is 2.28. The van der Waals surface area contributed by atoms with Gasteiger partial charge in [0.2, 0.25) is 5.95 Å². The maximum absolute atomic E-state index is 9.59. The minimum atomic E-state index is -1.21. The first-order valence-corrected chi connectivity index (χ1v) is 5.14. The van der Waals surface area contributed by atoms with Crippen LogP contribution in [0.4, 0.5) is 11.8 Å². The van der Waals surface area contributed by atoms with E-state index in [0.717, 1.165) is 0 Å². The Balaban J connectivity index is 2.73. The van der Waals surface area contributed by atoms with Crippen LogP contribution in [0.15, 0.2) is 6.20 Å². The van der Waals surface area contributed by atoms with Crippen molar-refractivity contribution in [2.24, 2.45) is 0 Å². The molecule has 0 aliphatic heterocycles. The summed E-state index contributed by atoms with van der Waals surface area (Å²) in [6, 6.07) is 0. The molecule has 1 atom stereocenters. The highest BCUT2D eigenvalue weighted by molar-refractivity contribution is 6.32. The van der Waals surface area contributed by atoms with Crippen LogP contribution >= 0.6 is 11.6 Å². The number of halogens is 1. The predicted octanol–water partition coefficient (Wildman–Crippen LogP) is 0.327. The monoisotopic (exact) mass is 246 g/mol. The van der Waals surface area contributed by atoms with E-state index in [-0.39, 0.29) is 13.2 Å². The number of anilines is 2. The van der Waals surface area contributed by atoms with Crippen molar-refractivity contribution in [3.63, 3.8) is 0 Å². The minimum Gasteiger partial charge on any atom is -0.393 e. The maximum Gasteiger partial charge on any atom is 0.224 e. The molecule has 0 amide bonds. The van der Waals surface area contributed by atoms with E-state index in [1.807, 2.05) is 0 Å². The molecule has 0 bridgehead atoms. The fraction of sp³-hybridized carbons (Fsp3) is 0.556. The smallest absolute Gasteiger partial charge is 0.224 e. The van der Waals surface area contributed by atoms with Gasteiger partial charge in [-0.25, -0.2) is 4.98 Å². The van der Waals surface area contributed by atoms with Crippen LogP contribution in [0, 0.1) is 0 Å². The van der Waals surface area contributed by atoms with Crippen LogP contribution in [0.2, 0.25) is 5.02 Å². The fourth-order valence-electron chi connectivity index (χ4n) is 0.942. The van der Waals surface area contributed by atoms with Crippen molar-refractivity contribution in [2.45, 2.75) is 12.5 Å². The van der Waals surface area contributed by atoms with E-state index >= 15 is 0 Å². The summed E-state index contributed by atoms with van der Waals surface area (Å²) in [6.07, 6.45) is 1.45. The number of rotatable bonds is 5. The van der Waals surface area contributed by atoms with Gasteiger partial charge in [-0.3, -0.25) is 0 Å². The largest absolute Gasteiger partial charge is 0.393 e. The fourth-order valence-corrected chi connectivity index (χ4v) is 1.10. The van der Waals surface area contributed by atoms with E-state index in [2.05, 4.69) is 20.6 Å². The first-order valence-electron chi connectivity index (χ1n) is 4.76. The Hall–Kier alpha value is -1.11. The second-order valence-electron chi connectivity index (χ2n) is 3.65. The van der Waals surface area contributed by atoms with Crippen molar-refractivity contribution < 1.29 is 10.2 Å². The molecule has 1 aromatic rings. The van der Waals surface area contributed by atoms with Gasteiger partial charge in [-0.15, -0.1) is 0 Å². The highest BCUT2D eigenvalue weighted by Gasteiger charge is 2.19. The van der Waals surface area contributed by atoms with Crippen LogP contribution in [-0.4, -0.2) is 46.0 Å². The molecule has 0 saturated heterocycles. The highest BCUT2D eigenvalue weighted by atomic mass is 35.5. The molecular weight excluding hydrogens is 232 g/mol. The van der Waals surface area contributed by atoms with Crippen molar-refractivity contribution in [1.29, 1.82) is 0 Å². The van der Waals surface area contributed by atoms with Crippen molar-refractivity contribution >= 4 is 23.4 Å². The van der Waals surface area contributed by atoms with Crippen LogP contribution in [0.5, 0.6) is 0 Å². The Labute approximate surface area is 98.7 Å². The molecule has 0 fully saturated rings. The summed E-state index contributed by atoms with van der Waals surface area (Å²) in [5, 5.41) is 24.4. The number of aromatic nitrogens is 2. The van der Waals surface area contributed by atoms with Gasteiger partial charge in [0.1, 0.15) is 10.6 Å². The van der Waals surface area contributed by atoms with Gasteiger partial charge in [0.25, 0.3) is 0 Å². The quantitative estimate of drug-likeness (QED) is 0.599. The molecule has 90 valence electrons. The average molecular weight is 247 g/mol. The third kappa shape index (κ3) is 3.48. The maximum atomic E-state index is 9.59. The van der Waals surface area contributed by atoms with E-state index in [1.54, 1.807) is 7.05 Å². The third-order valence-electron chi connectivity index (χ3n) is 1.95. The first kappa shape index (κ1) is 13.0. The molecular formula is C9H15ClN4O2. The van der Waals surface area contributed by atoms with E-state index in [0.29, 0.717) is 16.8 Å². The summed E-state index contributed by atoms with van der Waals surface area (Å²) >= 11 is 5.87. The second kappa shape index (κ2) is 5.29. The number of hydrogen-bond acceptors (Lipinski definition) is 6. The van der Waals surface area contributed by atoms with Crippen LogP contribution in [-0.2, 0) is 0 Å². The van der Waals surface area contributed by atoms with Gasteiger partial charge in [-0.05, 0) is 6.92 Å². The molecule has 0 aliphatic carbocycles. The van der Waals surface area contributed by atoms with Crippen LogP contribution < -0.4 is 10.6 Å². The molecule has 0 spiro atoms. The van der Waals surface area contributed by atoms with Crippen LogP contribution in [0.25, 0.3) is 0 Å². The van der Waals surface area contributed by atoms with Gasteiger partial charge < -0.3 is 20.8 Å². The molecule has 1 unspecified atom stereocenters. The number of hydrogen-bond donors (Lipinski definition) is 4. The topological polar surface area (TPSA) is 90.3 Å². The molecule has 0 aliphatic rings. The lowest BCUT2D eigenvalue weighted by molar-refractivity contribution is 0.0132. The normalized spacial score (nSPS) is 14.3. The van der Waals surface area contributed by atoms with Crippen LogP contribution in [0.3, 0.4) is 0 Å². The van der Waals surface area contributed by atoms with E-state index in [9.17, 15) is 5.11 Å². The van der Waals surface area contributed by atoms with Gasteiger partial charge in [0.15, 0.2) is 5.82 Å². The number of nitrogens with zero attached hydrogens (tertiary/aromatic N) is 2. The van der Waals surface area contributed by atoms with E-state index in [1.165, 1.54) is 13.1 Å². The van der Waals surface area contributed by atoms with Crippen molar-refractivity contribution in [2.75, 3.05) is 30.8 Å². The molecule has 7 heteroatoms. The van der Waals surface area contributed by atoms with Gasteiger partial charge in [0, 0.05) is 13.6 Å². The van der Waals surface area contributed by atoms with Crippen molar-refractivity contribution in [3.05, 3.63) is 11.2 Å². The number of nitrogens with one attached hydrogen (secondary N) is 2. The summed E-state index contributed by atoms with van der Waals surface area (Å²) in [7, 11) is 1.69. The Kier molecular flexibility index (Phi) is 4.28. The highest BCUT2D eigenvalue weighted by Crippen LogP contribution is 2.19. The lowest BCUT2D eigenvalue weighted by Crippen LogP contribution is -2.37. The molecule has 16 heavy (non-hydrogen) atoms. The standard InChI is InChI=1S/C9H15ClN4O2/c1-9(16,5-15)4-13-7-6(10)3-12-8(11-2)14-7/h3,15-16H,4-5H2,1-2H3,(H2,11,12,13,14). The Morgan fingerprint density at radius 2 is 2.25 bits per heavy atom. The minimum absolute atomic E-state index is 0.142. The SMILES string of the molecule is CNc1ncc(Cl)c(NCC(C)(O)CO)n1.